The third-order valence-corrected chi connectivity index (χ3v) is 6.20. The summed E-state index contributed by atoms with van der Waals surface area (Å²) in [6.07, 6.45) is 0.857. The first-order valence-corrected chi connectivity index (χ1v) is 11.1. The number of carbonyl (C=O) groups excluding carboxylic acids is 1. The van der Waals surface area contributed by atoms with Crippen LogP contribution in [0, 0.1) is 0 Å². The van der Waals surface area contributed by atoms with E-state index in [4.69, 9.17) is 10.1 Å². The summed E-state index contributed by atoms with van der Waals surface area (Å²) >= 11 is 0. The van der Waals surface area contributed by atoms with Crippen LogP contribution in [-0.4, -0.2) is 31.9 Å². The van der Waals surface area contributed by atoms with E-state index in [1.54, 1.807) is 4.52 Å². The lowest BCUT2D eigenvalue weighted by Gasteiger charge is -2.29. The third-order valence-electron chi connectivity index (χ3n) is 6.20. The van der Waals surface area contributed by atoms with Crippen LogP contribution in [0.5, 0.6) is 0 Å². The quantitative estimate of drug-likeness (QED) is 0.392. The van der Waals surface area contributed by atoms with Gasteiger partial charge in [-0.3, -0.25) is 4.79 Å². The van der Waals surface area contributed by atoms with Gasteiger partial charge in [-0.1, -0.05) is 84.9 Å². The summed E-state index contributed by atoms with van der Waals surface area (Å²) in [7, 11) is 0. The zero-order valence-corrected chi connectivity index (χ0v) is 18.1. The Kier molecular flexibility index (Phi) is 4.73. The van der Waals surface area contributed by atoms with Crippen LogP contribution in [0.25, 0.3) is 28.2 Å². The van der Waals surface area contributed by atoms with E-state index in [0.717, 1.165) is 28.9 Å². The van der Waals surface area contributed by atoms with Crippen molar-refractivity contribution in [3.05, 3.63) is 114 Å². The van der Waals surface area contributed by atoms with Crippen LogP contribution in [0.15, 0.2) is 97.1 Å². The maximum Gasteiger partial charge on any atom is 0.272 e. The highest BCUT2D eigenvalue weighted by molar-refractivity contribution is 5.94. The van der Waals surface area contributed by atoms with Crippen molar-refractivity contribution in [3.8, 4) is 22.5 Å². The Labute approximate surface area is 192 Å². The Balaban J connectivity index is 1.47. The molecule has 3 aromatic carbocycles. The van der Waals surface area contributed by atoms with Crippen LogP contribution in [0.4, 0.5) is 0 Å². The van der Waals surface area contributed by atoms with Gasteiger partial charge in [0, 0.05) is 30.3 Å². The summed E-state index contributed by atoms with van der Waals surface area (Å²) in [5.74, 6) is -0.0307. The summed E-state index contributed by atoms with van der Waals surface area (Å²) in [5.41, 5.74) is 7.24. The number of hydrogen-bond donors (Lipinski definition) is 0. The summed E-state index contributed by atoms with van der Waals surface area (Å²) in [6, 6.07) is 32.1. The van der Waals surface area contributed by atoms with Gasteiger partial charge >= 0.3 is 0 Å². The highest BCUT2D eigenvalue weighted by atomic mass is 16.2. The van der Waals surface area contributed by atoms with Gasteiger partial charge < -0.3 is 4.90 Å². The fraction of sp³-hybridized carbons (Fsp3) is 0.107. The lowest BCUT2D eigenvalue weighted by Crippen LogP contribution is -2.37. The van der Waals surface area contributed by atoms with Crippen molar-refractivity contribution in [3.63, 3.8) is 0 Å². The summed E-state index contributed by atoms with van der Waals surface area (Å²) in [5, 5.41) is 4.78. The zero-order chi connectivity index (χ0) is 22.2. The van der Waals surface area contributed by atoms with Crippen molar-refractivity contribution < 1.29 is 4.79 Å². The molecule has 5 heteroatoms. The van der Waals surface area contributed by atoms with Crippen LogP contribution in [0.3, 0.4) is 0 Å². The fourth-order valence-corrected chi connectivity index (χ4v) is 4.46. The number of hydrogen-bond acceptors (Lipinski definition) is 3. The monoisotopic (exact) mass is 430 g/mol. The SMILES string of the molecule is O=C(c1cc(-c2ccccc2)nc2cc(-c3ccccc3)nn12)N1CCc2ccccc2C1. The molecule has 1 aliphatic heterocycles. The van der Waals surface area contributed by atoms with E-state index >= 15 is 0 Å². The van der Waals surface area contributed by atoms with Crippen LogP contribution < -0.4 is 0 Å². The Bertz CT molecular complexity index is 1460. The molecule has 0 atom stereocenters. The third kappa shape index (κ3) is 3.57. The predicted octanol–water partition coefficient (Wildman–Crippen LogP) is 5.26. The largest absolute Gasteiger partial charge is 0.333 e. The molecular weight excluding hydrogens is 408 g/mol. The molecule has 6 rings (SSSR count). The molecule has 3 heterocycles. The summed E-state index contributed by atoms with van der Waals surface area (Å²) in [4.78, 5) is 20.5. The van der Waals surface area contributed by atoms with Gasteiger partial charge in [0.2, 0.25) is 0 Å². The molecule has 160 valence electrons. The van der Waals surface area contributed by atoms with E-state index in [0.29, 0.717) is 24.4 Å². The summed E-state index contributed by atoms with van der Waals surface area (Å²) in [6.45, 7) is 1.29. The minimum Gasteiger partial charge on any atom is -0.333 e. The smallest absolute Gasteiger partial charge is 0.272 e. The van der Waals surface area contributed by atoms with E-state index < -0.39 is 0 Å². The number of aromatic nitrogens is 3. The van der Waals surface area contributed by atoms with Gasteiger partial charge in [0.25, 0.3) is 5.91 Å². The number of nitrogens with zero attached hydrogens (tertiary/aromatic N) is 4. The van der Waals surface area contributed by atoms with E-state index in [2.05, 4.69) is 18.2 Å². The molecule has 0 radical (unpaired) electrons. The van der Waals surface area contributed by atoms with Gasteiger partial charge in [0.15, 0.2) is 5.65 Å². The van der Waals surface area contributed by atoms with Gasteiger partial charge in [0.1, 0.15) is 5.69 Å². The fourth-order valence-electron chi connectivity index (χ4n) is 4.46. The number of amides is 1. The Morgan fingerprint density at radius 1 is 0.727 bits per heavy atom. The van der Waals surface area contributed by atoms with E-state index in [1.807, 2.05) is 83.8 Å². The van der Waals surface area contributed by atoms with Crippen molar-refractivity contribution in [1.29, 1.82) is 0 Å². The van der Waals surface area contributed by atoms with Gasteiger partial charge in [-0.25, -0.2) is 9.50 Å². The highest BCUT2D eigenvalue weighted by Crippen LogP contribution is 2.26. The standard InChI is InChI=1S/C28H22N4O/c33-28(31-16-15-20-9-7-8-14-23(20)19-31)26-17-24(21-10-3-1-4-11-21)29-27-18-25(30-32(26)27)22-12-5-2-6-13-22/h1-14,17-18H,15-16,19H2. The molecule has 0 unspecified atom stereocenters. The van der Waals surface area contributed by atoms with Crippen molar-refractivity contribution in [2.45, 2.75) is 13.0 Å². The molecule has 5 nitrogen and oxygen atoms in total. The molecule has 0 fully saturated rings. The summed E-state index contributed by atoms with van der Waals surface area (Å²) < 4.78 is 1.69. The molecule has 0 bridgehead atoms. The Morgan fingerprint density at radius 2 is 1.36 bits per heavy atom. The molecule has 33 heavy (non-hydrogen) atoms. The normalized spacial score (nSPS) is 13.2. The second kappa shape index (κ2) is 8.02. The second-order valence-corrected chi connectivity index (χ2v) is 8.30. The van der Waals surface area contributed by atoms with Crippen molar-refractivity contribution in [1.82, 2.24) is 19.5 Å². The molecule has 1 amide bonds. The number of fused-ring (bicyclic) bond motifs is 2. The number of rotatable bonds is 3. The van der Waals surface area contributed by atoms with Gasteiger partial charge in [-0.15, -0.1) is 0 Å². The van der Waals surface area contributed by atoms with Crippen LogP contribution in [0.1, 0.15) is 21.6 Å². The molecule has 0 N–H and O–H groups in total. The minimum absolute atomic E-state index is 0.0307. The van der Waals surface area contributed by atoms with E-state index in [-0.39, 0.29) is 5.91 Å². The molecule has 0 aliphatic carbocycles. The Hall–Kier alpha value is -4.25. The van der Waals surface area contributed by atoms with Crippen LogP contribution in [0.2, 0.25) is 0 Å². The average molecular weight is 431 g/mol. The second-order valence-electron chi connectivity index (χ2n) is 8.30. The molecule has 0 saturated heterocycles. The molecule has 1 aliphatic rings. The average Bonchev–Trinajstić information content (AvgIpc) is 3.33. The minimum atomic E-state index is -0.0307. The van der Waals surface area contributed by atoms with Crippen molar-refractivity contribution in [2.75, 3.05) is 6.54 Å². The Morgan fingerprint density at radius 3 is 2.09 bits per heavy atom. The lowest BCUT2D eigenvalue weighted by atomic mass is 9.99. The first-order chi connectivity index (χ1) is 16.3. The predicted molar refractivity (Wildman–Crippen MR) is 129 cm³/mol. The van der Waals surface area contributed by atoms with Crippen LogP contribution >= 0.6 is 0 Å². The van der Waals surface area contributed by atoms with Crippen molar-refractivity contribution in [2.24, 2.45) is 0 Å². The number of carbonyl (C=O) groups is 1. The van der Waals surface area contributed by atoms with E-state index in [1.165, 1.54) is 11.1 Å². The first-order valence-electron chi connectivity index (χ1n) is 11.1. The van der Waals surface area contributed by atoms with Crippen molar-refractivity contribution >= 4 is 11.6 Å². The number of benzene rings is 3. The van der Waals surface area contributed by atoms with Gasteiger partial charge in [0.05, 0.1) is 11.4 Å². The topological polar surface area (TPSA) is 50.5 Å². The molecule has 5 aromatic rings. The first kappa shape index (κ1) is 19.4. The maximum absolute atomic E-state index is 13.8. The van der Waals surface area contributed by atoms with Gasteiger partial charge in [-0.2, -0.15) is 5.10 Å². The molecular formula is C28H22N4O. The lowest BCUT2D eigenvalue weighted by molar-refractivity contribution is 0.0725. The zero-order valence-electron chi connectivity index (χ0n) is 18.1. The maximum atomic E-state index is 13.8. The highest BCUT2D eigenvalue weighted by Gasteiger charge is 2.25. The van der Waals surface area contributed by atoms with Crippen LogP contribution in [-0.2, 0) is 13.0 Å². The van der Waals surface area contributed by atoms with Gasteiger partial charge in [-0.05, 0) is 23.6 Å². The molecule has 2 aromatic heterocycles. The molecule has 0 spiro atoms. The van der Waals surface area contributed by atoms with E-state index in [9.17, 15) is 4.79 Å². The molecule has 0 saturated carbocycles.